The minimum Gasteiger partial charge on any atom is -0.399 e. The summed E-state index contributed by atoms with van der Waals surface area (Å²) in [5, 5.41) is 4.11. The molecular formula is C15H19N3O2. The van der Waals surface area contributed by atoms with E-state index in [1.54, 1.807) is 0 Å². The smallest absolute Gasteiger partial charge is 0.258 e. The van der Waals surface area contributed by atoms with Gasteiger partial charge in [0.25, 0.3) is 5.89 Å². The zero-order chi connectivity index (χ0) is 14.2. The number of aryl methyl sites for hydroxylation is 1. The van der Waals surface area contributed by atoms with E-state index in [0.29, 0.717) is 17.4 Å². The third-order valence-electron chi connectivity index (χ3n) is 3.86. The van der Waals surface area contributed by atoms with Crippen molar-refractivity contribution in [2.45, 2.75) is 38.7 Å². The van der Waals surface area contributed by atoms with Crippen molar-refractivity contribution < 1.29 is 9.26 Å². The maximum atomic E-state index is 5.84. The lowest BCUT2D eigenvalue weighted by Gasteiger charge is -2.30. The molecule has 3 rings (SSSR count). The average molecular weight is 273 g/mol. The molecule has 1 unspecified atom stereocenters. The molecule has 1 aromatic carbocycles. The minimum absolute atomic E-state index is 0.436. The third-order valence-corrected chi connectivity index (χ3v) is 3.86. The first-order valence-corrected chi connectivity index (χ1v) is 6.93. The van der Waals surface area contributed by atoms with Gasteiger partial charge in [-0.05, 0) is 50.8 Å². The number of benzene rings is 1. The summed E-state index contributed by atoms with van der Waals surface area (Å²) in [4.78, 5) is 4.52. The monoisotopic (exact) mass is 273 g/mol. The first-order valence-electron chi connectivity index (χ1n) is 6.93. The minimum atomic E-state index is -0.436. The van der Waals surface area contributed by atoms with Crippen molar-refractivity contribution in [3.63, 3.8) is 0 Å². The fourth-order valence-corrected chi connectivity index (χ4v) is 2.53. The Bertz CT molecular complexity index is 615. The highest BCUT2D eigenvalue weighted by molar-refractivity contribution is 5.63. The Balaban J connectivity index is 1.95. The molecule has 106 valence electrons. The van der Waals surface area contributed by atoms with Crippen molar-refractivity contribution in [2.24, 2.45) is 0 Å². The summed E-state index contributed by atoms with van der Waals surface area (Å²) in [5.41, 5.74) is 8.01. The van der Waals surface area contributed by atoms with E-state index in [1.165, 1.54) is 0 Å². The predicted octanol–water partition coefficient (Wildman–Crippen LogP) is 3.04. The summed E-state index contributed by atoms with van der Waals surface area (Å²) < 4.78 is 11.3. The summed E-state index contributed by atoms with van der Waals surface area (Å²) in [6.45, 7) is 4.77. The molecule has 0 bridgehead atoms. The molecular weight excluding hydrogens is 254 g/mol. The van der Waals surface area contributed by atoms with Crippen LogP contribution < -0.4 is 5.73 Å². The van der Waals surface area contributed by atoms with Gasteiger partial charge < -0.3 is 15.0 Å². The van der Waals surface area contributed by atoms with Gasteiger partial charge in [-0.15, -0.1) is 0 Å². The summed E-state index contributed by atoms with van der Waals surface area (Å²) >= 11 is 0. The van der Waals surface area contributed by atoms with Crippen LogP contribution in [0.15, 0.2) is 22.7 Å². The Hall–Kier alpha value is -1.88. The number of nitrogens with two attached hydrogens (primary N) is 1. The van der Waals surface area contributed by atoms with Crippen LogP contribution in [0.4, 0.5) is 5.69 Å². The lowest BCUT2D eigenvalue weighted by Crippen LogP contribution is -2.31. The van der Waals surface area contributed by atoms with Gasteiger partial charge in [0.1, 0.15) is 5.60 Å². The highest BCUT2D eigenvalue weighted by Gasteiger charge is 2.35. The van der Waals surface area contributed by atoms with Crippen molar-refractivity contribution in [2.75, 3.05) is 12.3 Å². The van der Waals surface area contributed by atoms with Crippen LogP contribution in [0.25, 0.3) is 11.5 Å². The molecule has 0 aliphatic carbocycles. The molecule has 5 heteroatoms. The standard InChI is InChI=1S/C15H19N3O2/c1-10-5-6-11(16)9-12(10)13-17-14(18-20-13)15(2)7-3-4-8-19-15/h5-6,9H,3-4,7-8,16H2,1-2H3. The number of nitrogen functional groups attached to an aromatic ring is 1. The van der Waals surface area contributed by atoms with Gasteiger partial charge in [-0.25, -0.2) is 0 Å². The fourth-order valence-electron chi connectivity index (χ4n) is 2.53. The van der Waals surface area contributed by atoms with Gasteiger partial charge >= 0.3 is 0 Å². The van der Waals surface area contributed by atoms with E-state index in [4.69, 9.17) is 15.0 Å². The number of ether oxygens (including phenoxy) is 1. The Labute approximate surface area is 118 Å². The second-order valence-electron chi connectivity index (χ2n) is 5.53. The lowest BCUT2D eigenvalue weighted by atomic mass is 9.95. The van der Waals surface area contributed by atoms with E-state index < -0.39 is 5.60 Å². The van der Waals surface area contributed by atoms with Gasteiger partial charge in [0.15, 0.2) is 0 Å². The van der Waals surface area contributed by atoms with E-state index in [0.717, 1.165) is 37.0 Å². The highest BCUT2D eigenvalue weighted by Crippen LogP contribution is 2.34. The first-order chi connectivity index (χ1) is 9.58. The van der Waals surface area contributed by atoms with Crippen LogP contribution in [0, 0.1) is 6.92 Å². The van der Waals surface area contributed by atoms with E-state index >= 15 is 0 Å². The number of hydrogen-bond acceptors (Lipinski definition) is 5. The zero-order valence-electron chi connectivity index (χ0n) is 11.8. The van der Waals surface area contributed by atoms with Crippen LogP contribution in [0.2, 0.25) is 0 Å². The molecule has 1 atom stereocenters. The molecule has 1 aromatic heterocycles. The van der Waals surface area contributed by atoms with Gasteiger partial charge in [0, 0.05) is 17.9 Å². The van der Waals surface area contributed by atoms with E-state index in [1.807, 2.05) is 32.0 Å². The van der Waals surface area contributed by atoms with Crippen molar-refractivity contribution in [3.05, 3.63) is 29.6 Å². The molecule has 5 nitrogen and oxygen atoms in total. The fraction of sp³-hybridized carbons (Fsp3) is 0.467. The van der Waals surface area contributed by atoms with Crippen LogP contribution in [0.1, 0.15) is 37.6 Å². The zero-order valence-corrected chi connectivity index (χ0v) is 11.8. The Kier molecular flexibility index (Phi) is 3.22. The molecule has 1 aliphatic heterocycles. The van der Waals surface area contributed by atoms with Gasteiger partial charge in [0.2, 0.25) is 5.82 Å². The molecule has 2 heterocycles. The Morgan fingerprint density at radius 1 is 1.30 bits per heavy atom. The molecule has 1 fully saturated rings. The van der Waals surface area contributed by atoms with Crippen molar-refractivity contribution in [1.82, 2.24) is 10.1 Å². The van der Waals surface area contributed by atoms with Crippen molar-refractivity contribution in [1.29, 1.82) is 0 Å². The molecule has 0 saturated carbocycles. The van der Waals surface area contributed by atoms with Crippen LogP contribution in [0.5, 0.6) is 0 Å². The van der Waals surface area contributed by atoms with E-state index in [-0.39, 0.29) is 0 Å². The van der Waals surface area contributed by atoms with Gasteiger partial charge in [-0.3, -0.25) is 0 Å². The molecule has 2 N–H and O–H groups in total. The van der Waals surface area contributed by atoms with Gasteiger partial charge in [0.05, 0.1) is 0 Å². The summed E-state index contributed by atoms with van der Waals surface area (Å²) in [6.07, 6.45) is 3.13. The predicted molar refractivity (Wildman–Crippen MR) is 76.0 cm³/mol. The SMILES string of the molecule is Cc1ccc(N)cc1-c1nc(C2(C)CCCCO2)no1. The molecule has 2 aromatic rings. The quantitative estimate of drug-likeness (QED) is 0.851. The summed E-state index contributed by atoms with van der Waals surface area (Å²) in [5.74, 6) is 1.12. The Morgan fingerprint density at radius 3 is 2.90 bits per heavy atom. The summed E-state index contributed by atoms with van der Waals surface area (Å²) in [6, 6.07) is 5.67. The largest absolute Gasteiger partial charge is 0.399 e. The van der Waals surface area contributed by atoms with E-state index in [9.17, 15) is 0 Å². The third kappa shape index (κ3) is 2.29. The van der Waals surface area contributed by atoms with Crippen LogP contribution >= 0.6 is 0 Å². The van der Waals surface area contributed by atoms with Crippen molar-refractivity contribution in [3.8, 4) is 11.5 Å². The van der Waals surface area contributed by atoms with Crippen LogP contribution in [-0.2, 0) is 10.3 Å². The molecule has 1 aliphatic rings. The van der Waals surface area contributed by atoms with Crippen molar-refractivity contribution >= 4 is 5.69 Å². The molecule has 20 heavy (non-hydrogen) atoms. The highest BCUT2D eigenvalue weighted by atomic mass is 16.5. The number of anilines is 1. The normalized spacial score (nSPS) is 22.9. The van der Waals surface area contributed by atoms with E-state index in [2.05, 4.69) is 10.1 Å². The molecule has 0 amide bonds. The lowest BCUT2D eigenvalue weighted by molar-refractivity contribution is -0.0770. The number of nitrogens with zero attached hydrogens (tertiary/aromatic N) is 2. The summed E-state index contributed by atoms with van der Waals surface area (Å²) in [7, 11) is 0. The topological polar surface area (TPSA) is 74.2 Å². The van der Waals surface area contributed by atoms with Gasteiger partial charge in [-0.1, -0.05) is 11.2 Å². The van der Waals surface area contributed by atoms with Crippen LogP contribution in [0.3, 0.4) is 0 Å². The number of hydrogen-bond donors (Lipinski definition) is 1. The Morgan fingerprint density at radius 2 is 2.15 bits per heavy atom. The van der Waals surface area contributed by atoms with Gasteiger partial charge in [-0.2, -0.15) is 4.98 Å². The number of rotatable bonds is 2. The van der Waals surface area contributed by atoms with Crippen LogP contribution in [-0.4, -0.2) is 16.7 Å². The molecule has 1 saturated heterocycles. The average Bonchev–Trinajstić information content (AvgIpc) is 2.93. The first kappa shape index (κ1) is 13.1. The second-order valence-corrected chi connectivity index (χ2v) is 5.53. The second kappa shape index (κ2) is 4.90. The molecule has 0 radical (unpaired) electrons. The number of aromatic nitrogens is 2. The molecule has 0 spiro atoms. The maximum Gasteiger partial charge on any atom is 0.258 e. The maximum absolute atomic E-state index is 5.84.